The van der Waals surface area contributed by atoms with Gasteiger partial charge in [-0.05, 0) is 18.8 Å². The molecule has 3 atom stereocenters. The Morgan fingerprint density at radius 2 is 1.90 bits per heavy atom. The van der Waals surface area contributed by atoms with E-state index in [0.29, 0.717) is 30.7 Å². The van der Waals surface area contributed by atoms with Crippen LogP contribution in [0.5, 0.6) is 0 Å². The molecule has 1 N–H and O–H groups in total. The normalized spacial score (nSPS) is 33.7. The van der Waals surface area contributed by atoms with Gasteiger partial charge in [0.25, 0.3) is 0 Å². The summed E-state index contributed by atoms with van der Waals surface area (Å²) in [5, 5.41) is 22.6. The van der Waals surface area contributed by atoms with Gasteiger partial charge in [-0.25, -0.2) is 0 Å². The lowest BCUT2D eigenvalue weighted by atomic mass is 9.72. The summed E-state index contributed by atoms with van der Waals surface area (Å²) in [5.74, 6) is 0.947. The number of ether oxygens (including phenoxy) is 1. The fourth-order valence-corrected chi connectivity index (χ4v) is 3.68. The van der Waals surface area contributed by atoms with E-state index >= 15 is 0 Å². The molecule has 3 aliphatic rings. The fourth-order valence-electron chi connectivity index (χ4n) is 3.68. The number of nitrogens with zero attached hydrogens (tertiary/aromatic N) is 3. The molecular formula is C15H20N4O. The van der Waals surface area contributed by atoms with Gasteiger partial charge in [-0.3, -0.25) is 0 Å². The molecule has 0 unspecified atom stereocenters. The van der Waals surface area contributed by atoms with E-state index in [1.807, 2.05) is 0 Å². The summed E-state index contributed by atoms with van der Waals surface area (Å²) in [6.07, 6.45) is 4.55. The maximum atomic E-state index is 9.54. The number of hydrogen-bond acceptors (Lipinski definition) is 5. The molecule has 0 spiro atoms. The number of fused-ring (bicyclic) bond motifs is 1. The largest absolute Gasteiger partial charge is 0.378 e. The van der Waals surface area contributed by atoms with Crippen LogP contribution in [-0.2, 0) is 4.74 Å². The smallest absolute Gasteiger partial charge is 0.117 e. The number of rotatable bonds is 1. The van der Waals surface area contributed by atoms with E-state index in [-0.39, 0.29) is 5.92 Å². The minimum absolute atomic E-state index is 0.246. The van der Waals surface area contributed by atoms with Gasteiger partial charge in [-0.1, -0.05) is 12.8 Å². The number of morpholine rings is 1. The molecule has 20 heavy (non-hydrogen) atoms. The predicted molar refractivity (Wildman–Crippen MR) is 73.0 cm³/mol. The number of nitriles is 2. The lowest BCUT2D eigenvalue weighted by Crippen LogP contribution is -2.52. The van der Waals surface area contributed by atoms with E-state index in [1.165, 1.54) is 12.8 Å². The molecule has 2 heterocycles. The van der Waals surface area contributed by atoms with E-state index in [4.69, 9.17) is 4.74 Å². The lowest BCUT2D eigenvalue weighted by molar-refractivity contribution is 0.0442. The van der Waals surface area contributed by atoms with Crippen molar-refractivity contribution in [1.29, 1.82) is 10.5 Å². The Kier molecular flexibility index (Phi) is 3.80. The zero-order valence-corrected chi connectivity index (χ0v) is 11.6. The van der Waals surface area contributed by atoms with Crippen LogP contribution in [0.4, 0.5) is 0 Å². The highest BCUT2D eigenvalue weighted by Gasteiger charge is 2.41. The molecule has 0 amide bonds. The van der Waals surface area contributed by atoms with E-state index in [9.17, 15) is 10.5 Å². The van der Waals surface area contributed by atoms with Crippen molar-refractivity contribution in [3.8, 4) is 12.1 Å². The zero-order chi connectivity index (χ0) is 13.9. The second kappa shape index (κ2) is 5.73. The Morgan fingerprint density at radius 1 is 1.15 bits per heavy atom. The molecule has 106 valence electrons. The second-order valence-electron chi connectivity index (χ2n) is 5.78. The van der Waals surface area contributed by atoms with Crippen LogP contribution >= 0.6 is 0 Å². The third-order valence-electron chi connectivity index (χ3n) is 4.72. The van der Waals surface area contributed by atoms with Crippen LogP contribution in [0.3, 0.4) is 0 Å². The Balaban J connectivity index is 1.94. The highest BCUT2D eigenvalue weighted by Crippen LogP contribution is 2.39. The third kappa shape index (κ3) is 2.23. The average Bonchev–Trinajstić information content (AvgIpc) is 2.53. The summed E-state index contributed by atoms with van der Waals surface area (Å²) < 4.78 is 5.38. The van der Waals surface area contributed by atoms with Crippen LogP contribution in [0.25, 0.3) is 0 Å². The van der Waals surface area contributed by atoms with Crippen molar-refractivity contribution in [1.82, 2.24) is 10.2 Å². The summed E-state index contributed by atoms with van der Waals surface area (Å²) in [5.41, 5.74) is 0.637. The van der Waals surface area contributed by atoms with Gasteiger partial charge in [-0.2, -0.15) is 10.5 Å². The zero-order valence-electron chi connectivity index (χ0n) is 11.6. The Morgan fingerprint density at radius 3 is 2.60 bits per heavy atom. The van der Waals surface area contributed by atoms with Gasteiger partial charge < -0.3 is 15.0 Å². The molecule has 2 fully saturated rings. The SMILES string of the molecule is N#CC1=C(N2CCOCC2)N[C@@H]2CCCC[C@@H]2[C@@H]1C#N. The van der Waals surface area contributed by atoms with Crippen molar-refractivity contribution in [2.24, 2.45) is 11.8 Å². The van der Waals surface area contributed by atoms with Crippen LogP contribution in [-0.4, -0.2) is 37.2 Å². The van der Waals surface area contributed by atoms with E-state index in [0.717, 1.165) is 31.8 Å². The van der Waals surface area contributed by atoms with Gasteiger partial charge >= 0.3 is 0 Å². The molecule has 1 saturated heterocycles. The maximum absolute atomic E-state index is 9.54. The number of nitrogens with one attached hydrogen (secondary N) is 1. The monoisotopic (exact) mass is 272 g/mol. The van der Waals surface area contributed by atoms with Gasteiger partial charge in [0.15, 0.2) is 0 Å². The fraction of sp³-hybridized carbons (Fsp3) is 0.733. The first kappa shape index (κ1) is 13.3. The molecule has 5 nitrogen and oxygen atoms in total. The highest BCUT2D eigenvalue weighted by atomic mass is 16.5. The topological polar surface area (TPSA) is 72.1 Å². The van der Waals surface area contributed by atoms with Crippen molar-refractivity contribution < 1.29 is 4.74 Å². The highest BCUT2D eigenvalue weighted by molar-refractivity contribution is 5.37. The Hall–Kier alpha value is -1.72. The summed E-state index contributed by atoms with van der Waals surface area (Å²) in [6.45, 7) is 2.97. The quantitative estimate of drug-likeness (QED) is 0.780. The average molecular weight is 272 g/mol. The molecule has 0 aromatic heterocycles. The standard InChI is InChI=1S/C15H20N4O/c16-9-12-11-3-1-2-4-14(11)18-15(13(12)10-17)19-5-7-20-8-6-19/h11-12,14,18H,1-8H2/t11-,12+,14-/m1/s1. The lowest BCUT2D eigenvalue weighted by Gasteiger charge is -2.44. The van der Waals surface area contributed by atoms with Crippen molar-refractivity contribution in [3.63, 3.8) is 0 Å². The van der Waals surface area contributed by atoms with E-state index in [2.05, 4.69) is 22.4 Å². The first-order chi connectivity index (χ1) is 9.85. The van der Waals surface area contributed by atoms with Crippen LogP contribution < -0.4 is 5.32 Å². The first-order valence-electron chi connectivity index (χ1n) is 7.48. The van der Waals surface area contributed by atoms with Crippen molar-refractivity contribution in [3.05, 3.63) is 11.4 Å². The molecule has 0 radical (unpaired) electrons. The summed E-state index contributed by atoms with van der Waals surface area (Å²) >= 11 is 0. The van der Waals surface area contributed by atoms with E-state index in [1.54, 1.807) is 0 Å². The van der Waals surface area contributed by atoms with E-state index < -0.39 is 0 Å². The molecule has 1 saturated carbocycles. The van der Waals surface area contributed by atoms with Gasteiger partial charge in [0.2, 0.25) is 0 Å². The molecule has 1 aliphatic carbocycles. The van der Waals surface area contributed by atoms with Crippen LogP contribution in [0.2, 0.25) is 0 Å². The molecule has 2 aliphatic heterocycles. The predicted octanol–water partition coefficient (Wildman–Crippen LogP) is 1.36. The van der Waals surface area contributed by atoms with Crippen molar-refractivity contribution in [2.45, 2.75) is 31.7 Å². The maximum Gasteiger partial charge on any atom is 0.117 e. The number of allylic oxidation sites excluding steroid dienone is 1. The van der Waals surface area contributed by atoms with Gasteiger partial charge in [-0.15, -0.1) is 0 Å². The summed E-state index contributed by atoms with van der Waals surface area (Å²) in [7, 11) is 0. The molecular weight excluding hydrogens is 252 g/mol. The molecule has 0 aromatic carbocycles. The van der Waals surface area contributed by atoms with Gasteiger partial charge in [0, 0.05) is 19.1 Å². The minimum atomic E-state index is -0.246. The first-order valence-corrected chi connectivity index (χ1v) is 7.48. The van der Waals surface area contributed by atoms with Gasteiger partial charge in [0.05, 0.1) is 36.8 Å². The molecule has 3 rings (SSSR count). The molecule has 0 aromatic rings. The van der Waals surface area contributed by atoms with Crippen molar-refractivity contribution in [2.75, 3.05) is 26.3 Å². The number of hydrogen-bond donors (Lipinski definition) is 1. The second-order valence-corrected chi connectivity index (χ2v) is 5.78. The van der Waals surface area contributed by atoms with Gasteiger partial charge in [0.1, 0.15) is 5.82 Å². The minimum Gasteiger partial charge on any atom is -0.378 e. The van der Waals surface area contributed by atoms with Crippen molar-refractivity contribution >= 4 is 0 Å². The van der Waals surface area contributed by atoms with Crippen LogP contribution in [0.1, 0.15) is 25.7 Å². The summed E-state index contributed by atoms with van der Waals surface area (Å²) in [6, 6.07) is 5.04. The Bertz CT molecular complexity index is 481. The van der Waals surface area contributed by atoms with Crippen LogP contribution in [0, 0.1) is 34.5 Å². The summed E-state index contributed by atoms with van der Waals surface area (Å²) in [4.78, 5) is 2.18. The van der Waals surface area contributed by atoms with Crippen LogP contribution in [0.15, 0.2) is 11.4 Å². The third-order valence-corrected chi connectivity index (χ3v) is 4.72. The molecule has 5 heteroatoms. The molecule has 0 bridgehead atoms. The Labute approximate surface area is 119 Å².